The number of allylic oxidation sites excluding steroid dienone is 3. The molecule has 0 radical (unpaired) electrons. The molecule has 0 aromatic carbocycles. The topological polar surface area (TPSA) is 20.2 Å². The van der Waals surface area contributed by atoms with Crippen molar-refractivity contribution < 1.29 is 13.9 Å². The molecule has 25 heavy (non-hydrogen) atoms. The van der Waals surface area contributed by atoms with E-state index in [4.69, 9.17) is 0 Å². The van der Waals surface area contributed by atoms with Crippen molar-refractivity contribution in [3.05, 3.63) is 24.3 Å². The van der Waals surface area contributed by atoms with Crippen molar-refractivity contribution in [2.24, 2.45) is 0 Å². The molecule has 1 N–H and O–H groups in total. The molecule has 0 amide bonds. The number of hydrogen-bond donors (Lipinski definition) is 1. The van der Waals surface area contributed by atoms with Gasteiger partial charge >= 0.3 is 5.92 Å². The lowest BCUT2D eigenvalue weighted by molar-refractivity contribution is -0.0365. The van der Waals surface area contributed by atoms with Gasteiger partial charge in [0.25, 0.3) is 0 Å². The van der Waals surface area contributed by atoms with E-state index in [9.17, 15) is 13.9 Å². The van der Waals surface area contributed by atoms with Gasteiger partial charge in [0.1, 0.15) is 14.2 Å². The van der Waals surface area contributed by atoms with Crippen LogP contribution in [0.1, 0.15) is 67.7 Å². The fourth-order valence-corrected chi connectivity index (χ4v) is 8.73. The molecule has 0 aliphatic carbocycles. The van der Waals surface area contributed by atoms with Gasteiger partial charge in [-0.25, -0.2) is 0 Å². The van der Waals surface area contributed by atoms with E-state index in [0.29, 0.717) is 0 Å². The van der Waals surface area contributed by atoms with Crippen molar-refractivity contribution in [3.8, 4) is 11.5 Å². The highest BCUT2D eigenvalue weighted by molar-refractivity contribution is 6.90. The number of alkyl halides is 2. The number of aliphatic hydroxyl groups excluding tert-OH is 1. The number of aliphatic hydroxyl groups is 1. The lowest BCUT2D eigenvalue weighted by atomic mass is 10.2. The van der Waals surface area contributed by atoms with Crippen molar-refractivity contribution in [1.82, 2.24) is 0 Å². The smallest absolute Gasteiger partial charge is 0.336 e. The minimum Gasteiger partial charge on any atom is -0.382 e. The summed E-state index contributed by atoms with van der Waals surface area (Å²) in [6, 6.07) is 0. The SMILES string of the molecule is CCCC/C=C/C=C/C(O)C(F)(F)C#C[Si](C(C)C)(C(C)C)C(C)C. The van der Waals surface area contributed by atoms with Gasteiger partial charge in [-0.2, -0.15) is 8.78 Å². The van der Waals surface area contributed by atoms with Gasteiger partial charge in [0.15, 0.2) is 0 Å². The first-order valence-electron chi connectivity index (χ1n) is 9.45. The van der Waals surface area contributed by atoms with E-state index in [1.807, 2.05) is 6.08 Å². The Bertz CT molecular complexity index is 474. The van der Waals surface area contributed by atoms with Gasteiger partial charge < -0.3 is 5.11 Å². The molecule has 0 aromatic heterocycles. The maximum absolute atomic E-state index is 14.3. The fourth-order valence-electron chi connectivity index (χ4n) is 3.49. The molecule has 1 atom stereocenters. The van der Waals surface area contributed by atoms with Crippen LogP contribution >= 0.6 is 0 Å². The van der Waals surface area contributed by atoms with Crippen LogP contribution in [0.5, 0.6) is 0 Å². The molecule has 0 aliphatic heterocycles. The molecule has 144 valence electrons. The first-order valence-corrected chi connectivity index (χ1v) is 11.7. The Labute approximate surface area is 154 Å². The molecule has 0 aliphatic rings. The minimum atomic E-state index is -3.43. The van der Waals surface area contributed by atoms with Crippen LogP contribution in [0.25, 0.3) is 0 Å². The predicted octanol–water partition coefficient (Wildman–Crippen LogP) is 6.51. The zero-order valence-corrected chi connectivity index (χ0v) is 17.9. The van der Waals surface area contributed by atoms with Crippen LogP contribution in [0, 0.1) is 11.5 Å². The summed E-state index contributed by atoms with van der Waals surface area (Å²) in [6.45, 7) is 14.6. The Morgan fingerprint density at radius 2 is 1.52 bits per heavy atom. The third kappa shape index (κ3) is 7.07. The Morgan fingerprint density at radius 3 is 1.96 bits per heavy atom. The summed E-state index contributed by atoms with van der Waals surface area (Å²) in [4.78, 5) is 0. The molecule has 0 heterocycles. The van der Waals surface area contributed by atoms with E-state index < -0.39 is 20.1 Å². The Kier molecular flexibility index (Phi) is 10.5. The van der Waals surface area contributed by atoms with Crippen molar-refractivity contribution >= 4 is 8.07 Å². The van der Waals surface area contributed by atoms with Gasteiger partial charge in [-0.15, -0.1) is 5.54 Å². The second kappa shape index (κ2) is 10.9. The van der Waals surface area contributed by atoms with E-state index in [1.165, 1.54) is 6.08 Å². The first kappa shape index (κ1) is 24.1. The van der Waals surface area contributed by atoms with Crippen LogP contribution in [-0.4, -0.2) is 25.2 Å². The lowest BCUT2D eigenvalue weighted by Gasteiger charge is -2.38. The number of halogens is 2. The average Bonchev–Trinajstić information content (AvgIpc) is 2.49. The number of unbranched alkanes of at least 4 members (excludes halogenated alkanes) is 2. The Morgan fingerprint density at radius 1 is 1.00 bits per heavy atom. The van der Waals surface area contributed by atoms with Crippen molar-refractivity contribution in [2.75, 3.05) is 0 Å². The Balaban J connectivity index is 5.31. The van der Waals surface area contributed by atoms with Crippen LogP contribution in [0.2, 0.25) is 16.6 Å². The molecule has 0 saturated carbocycles. The van der Waals surface area contributed by atoms with Crippen LogP contribution in [0.4, 0.5) is 8.78 Å². The lowest BCUT2D eigenvalue weighted by Crippen LogP contribution is -2.44. The predicted molar refractivity (Wildman–Crippen MR) is 108 cm³/mol. The van der Waals surface area contributed by atoms with E-state index in [1.54, 1.807) is 6.08 Å². The summed E-state index contributed by atoms with van der Waals surface area (Å²) in [6.07, 6.45) is 7.43. The molecule has 0 aromatic rings. The highest BCUT2D eigenvalue weighted by atomic mass is 28.3. The highest BCUT2D eigenvalue weighted by Gasteiger charge is 2.43. The van der Waals surface area contributed by atoms with Crippen LogP contribution < -0.4 is 0 Å². The molecule has 0 bridgehead atoms. The fraction of sp³-hybridized carbons (Fsp3) is 0.714. The van der Waals surface area contributed by atoms with Crippen molar-refractivity contribution in [2.45, 2.75) is 96.4 Å². The normalized spacial score (nSPS) is 14.8. The summed E-state index contributed by atoms with van der Waals surface area (Å²) < 4.78 is 28.6. The molecular weight excluding hydrogens is 334 g/mol. The van der Waals surface area contributed by atoms with Gasteiger partial charge in [-0.1, -0.05) is 79.5 Å². The first-order chi connectivity index (χ1) is 11.5. The molecule has 0 saturated heterocycles. The number of hydrogen-bond acceptors (Lipinski definition) is 1. The maximum atomic E-state index is 14.3. The molecule has 0 spiro atoms. The molecule has 4 heteroatoms. The van der Waals surface area contributed by atoms with Gasteiger partial charge in [0.05, 0.1) is 0 Å². The van der Waals surface area contributed by atoms with Gasteiger partial charge in [0.2, 0.25) is 0 Å². The number of rotatable bonds is 9. The van der Waals surface area contributed by atoms with E-state index in [2.05, 4.69) is 59.9 Å². The van der Waals surface area contributed by atoms with Crippen molar-refractivity contribution in [1.29, 1.82) is 0 Å². The summed E-state index contributed by atoms with van der Waals surface area (Å²) in [5, 5.41) is 9.83. The second-order valence-corrected chi connectivity index (χ2v) is 13.3. The van der Waals surface area contributed by atoms with E-state index >= 15 is 0 Å². The van der Waals surface area contributed by atoms with Gasteiger partial charge in [-0.3, -0.25) is 0 Å². The van der Waals surface area contributed by atoms with E-state index in [-0.39, 0.29) is 16.6 Å². The van der Waals surface area contributed by atoms with Crippen LogP contribution in [0.15, 0.2) is 24.3 Å². The third-order valence-corrected chi connectivity index (χ3v) is 11.2. The maximum Gasteiger partial charge on any atom is 0.336 e. The molecule has 1 unspecified atom stereocenters. The van der Waals surface area contributed by atoms with Gasteiger partial charge in [-0.05, 0) is 35.0 Å². The zero-order valence-electron chi connectivity index (χ0n) is 16.9. The summed E-state index contributed by atoms with van der Waals surface area (Å²) in [7, 11) is -2.23. The summed E-state index contributed by atoms with van der Waals surface area (Å²) >= 11 is 0. The average molecular weight is 371 g/mol. The zero-order chi connectivity index (χ0) is 19.7. The molecular formula is C21H36F2OSi. The standard InChI is InChI=1S/C21H36F2OSi/c1-8-9-10-11-12-13-14-20(24)21(22,23)15-16-25(17(2)3,18(4)5)19(6)7/h11-14,17-20,24H,8-10H2,1-7H3/b12-11+,14-13+. The largest absolute Gasteiger partial charge is 0.382 e. The third-order valence-electron chi connectivity index (χ3n) is 4.95. The molecule has 0 rings (SSSR count). The van der Waals surface area contributed by atoms with Crippen LogP contribution in [0.3, 0.4) is 0 Å². The highest BCUT2D eigenvalue weighted by Crippen LogP contribution is 2.41. The van der Waals surface area contributed by atoms with Crippen molar-refractivity contribution in [3.63, 3.8) is 0 Å². The second-order valence-electron chi connectivity index (χ2n) is 7.67. The summed E-state index contributed by atoms with van der Waals surface area (Å²) in [5.74, 6) is -1.27. The Hall–Kier alpha value is -0.923. The quantitative estimate of drug-likeness (QED) is 0.212. The monoisotopic (exact) mass is 370 g/mol. The minimum absolute atomic E-state index is 0.282. The molecule has 0 fully saturated rings. The molecule has 1 nitrogen and oxygen atoms in total. The van der Waals surface area contributed by atoms with Gasteiger partial charge in [0, 0.05) is 0 Å². The van der Waals surface area contributed by atoms with Crippen LogP contribution in [-0.2, 0) is 0 Å². The van der Waals surface area contributed by atoms with E-state index in [0.717, 1.165) is 25.3 Å². The summed E-state index contributed by atoms with van der Waals surface area (Å²) in [5.41, 5.74) is 3.85.